The van der Waals surface area contributed by atoms with E-state index in [0.717, 1.165) is 44.9 Å². The summed E-state index contributed by atoms with van der Waals surface area (Å²) in [6.45, 7) is 6.28. The number of para-hydroxylation sites is 1. The molecule has 2 aromatic carbocycles. The van der Waals surface area contributed by atoms with E-state index in [1.54, 1.807) is 0 Å². The molecule has 3 aromatic rings. The van der Waals surface area contributed by atoms with E-state index in [4.69, 9.17) is 0 Å². The third-order valence-electron chi connectivity index (χ3n) is 6.99. The summed E-state index contributed by atoms with van der Waals surface area (Å²) in [7, 11) is 0. The van der Waals surface area contributed by atoms with Crippen molar-refractivity contribution >= 4 is 23.0 Å². The molecule has 3 aliphatic rings. The normalized spacial score (nSPS) is 20.7. The average molecular weight is 409 g/mol. The number of nitrogens with zero attached hydrogens (tertiary/aromatic N) is 1. The Morgan fingerprint density at radius 3 is 2.55 bits per heavy atom. The number of aromatic amines is 1. The van der Waals surface area contributed by atoms with Crippen molar-refractivity contribution in [2.24, 2.45) is 0 Å². The fourth-order valence-electron chi connectivity index (χ4n) is 5.82. The number of nitrogens with one attached hydrogen (secondary N) is 1. The van der Waals surface area contributed by atoms with Gasteiger partial charge < -0.3 is 9.88 Å². The first-order chi connectivity index (χ1) is 14.9. The van der Waals surface area contributed by atoms with Crippen LogP contribution in [0.15, 0.2) is 54.6 Å². The minimum absolute atomic E-state index is 0.0508. The second-order valence-corrected chi connectivity index (χ2v) is 9.39. The van der Waals surface area contributed by atoms with Crippen LogP contribution in [0, 0.1) is 0 Å². The van der Waals surface area contributed by atoms with Gasteiger partial charge in [-0.15, -0.1) is 0 Å². The first-order valence-electron chi connectivity index (χ1n) is 10.9. The number of amides is 1. The van der Waals surface area contributed by atoms with Crippen molar-refractivity contribution in [2.45, 2.75) is 45.1 Å². The molecule has 1 atom stereocenters. The van der Waals surface area contributed by atoms with E-state index in [-0.39, 0.29) is 11.7 Å². The fraction of sp³-hybridized carbons (Fsp3) is 0.259. The number of rotatable bonds is 2. The highest BCUT2D eigenvalue weighted by atomic mass is 16.2. The molecule has 154 valence electrons. The Kier molecular flexibility index (Phi) is 3.60. The quantitative estimate of drug-likeness (QED) is 0.610. The van der Waals surface area contributed by atoms with Gasteiger partial charge in [0.05, 0.1) is 22.8 Å². The molecule has 0 saturated heterocycles. The number of carbonyl (C=O) groups is 2. The van der Waals surface area contributed by atoms with E-state index in [0.29, 0.717) is 12.8 Å². The number of hydrogen-bond acceptors (Lipinski definition) is 2. The largest absolute Gasteiger partial charge is 0.358 e. The molecular formula is C27H24N2O2. The van der Waals surface area contributed by atoms with Crippen LogP contribution in [0.4, 0.5) is 5.69 Å². The molecule has 0 bridgehead atoms. The second-order valence-electron chi connectivity index (χ2n) is 9.39. The smallest absolute Gasteiger partial charge is 0.239 e. The third-order valence-corrected chi connectivity index (χ3v) is 6.99. The molecule has 4 heteroatoms. The van der Waals surface area contributed by atoms with Gasteiger partial charge in [0.15, 0.2) is 5.78 Å². The van der Waals surface area contributed by atoms with E-state index in [1.807, 2.05) is 41.3 Å². The molecule has 3 heterocycles. The van der Waals surface area contributed by atoms with Crippen molar-refractivity contribution in [3.05, 3.63) is 82.6 Å². The zero-order valence-electron chi connectivity index (χ0n) is 18.0. The van der Waals surface area contributed by atoms with Crippen molar-refractivity contribution < 1.29 is 9.59 Å². The zero-order chi connectivity index (χ0) is 21.5. The standard InChI is InChI=1S/C27H24N2O2/c1-15-14-27(2,3)29-25-17(15)10-7-11-18(25)21(26(29)31)23-22-19(12-13-20(22)30)28-24(23)16-8-5-4-6-9-16/h4-11,14,21,28H,12-13H2,1-3H3. The van der Waals surface area contributed by atoms with E-state index in [2.05, 4.69) is 44.0 Å². The van der Waals surface area contributed by atoms with Crippen LogP contribution in [0.1, 0.15) is 65.9 Å². The molecule has 1 aromatic heterocycles. The summed E-state index contributed by atoms with van der Waals surface area (Å²) >= 11 is 0. The van der Waals surface area contributed by atoms with Gasteiger partial charge in [-0.3, -0.25) is 9.59 Å². The summed E-state index contributed by atoms with van der Waals surface area (Å²) in [4.78, 5) is 32.5. The van der Waals surface area contributed by atoms with Crippen LogP contribution in [0.25, 0.3) is 16.8 Å². The molecule has 31 heavy (non-hydrogen) atoms. The van der Waals surface area contributed by atoms with Crippen molar-refractivity contribution in [3.8, 4) is 11.3 Å². The van der Waals surface area contributed by atoms with Crippen molar-refractivity contribution in [3.63, 3.8) is 0 Å². The van der Waals surface area contributed by atoms with Gasteiger partial charge in [0, 0.05) is 28.8 Å². The average Bonchev–Trinajstić information content (AvgIpc) is 3.38. The Morgan fingerprint density at radius 2 is 1.77 bits per heavy atom. The number of aryl methyl sites for hydroxylation is 1. The molecule has 0 radical (unpaired) electrons. The predicted octanol–water partition coefficient (Wildman–Crippen LogP) is 5.48. The first kappa shape index (κ1) is 18.4. The molecule has 0 saturated carbocycles. The molecule has 4 nitrogen and oxygen atoms in total. The minimum atomic E-state index is -0.481. The lowest BCUT2D eigenvalue weighted by atomic mass is 9.85. The van der Waals surface area contributed by atoms with Crippen LogP contribution in [0.2, 0.25) is 0 Å². The summed E-state index contributed by atoms with van der Waals surface area (Å²) in [5.74, 6) is -0.295. The van der Waals surface area contributed by atoms with Crippen LogP contribution in [-0.4, -0.2) is 22.2 Å². The minimum Gasteiger partial charge on any atom is -0.358 e. The number of Topliss-reactive ketones (excluding diaryl/α,β-unsaturated/α-hetero) is 1. The molecule has 0 fully saturated rings. The number of aromatic nitrogens is 1. The molecule has 2 aliphatic heterocycles. The van der Waals surface area contributed by atoms with E-state index < -0.39 is 11.5 Å². The van der Waals surface area contributed by atoms with Crippen LogP contribution in [0.5, 0.6) is 0 Å². The molecular weight excluding hydrogens is 384 g/mol. The number of fused-ring (bicyclic) bond motifs is 1. The van der Waals surface area contributed by atoms with Crippen LogP contribution in [-0.2, 0) is 11.2 Å². The first-order valence-corrected chi connectivity index (χ1v) is 10.9. The number of H-pyrrole nitrogens is 1. The Balaban J connectivity index is 1.66. The summed E-state index contributed by atoms with van der Waals surface area (Å²) in [5.41, 5.74) is 8.33. The fourth-order valence-corrected chi connectivity index (χ4v) is 5.82. The van der Waals surface area contributed by atoms with E-state index >= 15 is 0 Å². The van der Waals surface area contributed by atoms with Gasteiger partial charge in [-0.2, -0.15) is 0 Å². The number of carbonyl (C=O) groups excluding carboxylic acids is 2. The van der Waals surface area contributed by atoms with E-state index in [1.165, 1.54) is 5.57 Å². The van der Waals surface area contributed by atoms with Crippen molar-refractivity contribution in [2.75, 3.05) is 4.90 Å². The summed E-state index contributed by atoms with van der Waals surface area (Å²) < 4.78 is 0. The lowest BCUT2D eigenvalue weighted by molar-refractivity contribution is -0.119. The highest BCUT2D eigenvalue weighted by Crippen LogP contribution is 2.53. The van der Waals surface area contributed by atoms with Crippen molar-refractivity contribution in [1.82, 2.24) is 4.98 Å². The number of ketones is 1. The molecule has 1 aliphatic carbocycles. The number of hydrogen-bond donors (Lipinski definition) is 1. The topological polar surface area (TPSA) is 53.2 Å². The van der Waals surface area contributed by atoms with Gasteiger partial charge in [0.2, 0.25) is 5.91 Å². The highest BCUT2D eigenvalue weighted by Gasteiger charge is 2.49. The molecule has 1 unspecified atom stereocenters. The Bertz CT molecular complexity index is 1310. The Morgan fingerprint density at radius 1 is 1.00 bits per heavy atom. The summed E-state index contributed by atoms with van der Waals surface area (Å²) in [6.07, 6.45) is 3.38. The number of allylic oxidation sites excluding steroid dienone is 1. The highest BCUT2D eigenvalue weighted by molar-refractivity contribution is 6.15. The Hall–Kier alpha value is -3.40. The maximum atomic E-state index is 14.1. The number of benzene rings is 2. The molecule has 1 N–H and O–H groups in total. The van der Waals surface area contributed by atoms with E-state index in [9.17, 15) is 9.59 Å². The lowest BCUT2D eigenvalue weighted by Gasteiger charge is -2.39. The summed E-state index contributed by atoms with van der Waals surface area (Å²) in [6, 6.07) is 16.2. The van der Waals surface area contributed by atoms with Gasteiger partial charge in [0.25, 0.3) is 0 Å². The third kappa shape index (κ3) is 2.36. The maximum Gasteiger partial charge on any atom is 0.239 e. The Labute approximate surface area is 181 Å². The lowest BCUT2D eigenvalue weighted by Crippen LogP contribution is -2.47. The SMILES string of the molecule is CC1=CC(C)(C)N2C(=O)C(c3c(-c4ccccc4)[nH]c4c3C(=O)CC4)c3cccc1c32. The van der Waals surface area contributed by atoms with Gasteiger partial charge in [-0.05, 0) is 43.9 Å². The maximum absolute atomic E-state index is 14.1. The monoisotopic (exact) mass is 408 g/mol. The van der Waals surface area contributed by atoms with Crippen LogP contribution < -0.4 is 4.90 Å². The van der Waals surface area contributed by atoms with Gasteiger partial charge in [-0.25, -0.2) is 0 Å². The molecule has 1 amide bonds. The molecule has 0 spiro atoms. The van der Waals surface area contributed by atoms with Crippen LogP contribution in [0.3, 0.4) is 0 Å². The van der Waals surface area contributed by atoms with Crippen molar-refractivity contribution in [1.29, 1.82) is 0 Å². The van der Waals surface area contributed by atoms with Crippen LogP contribution >= 0.6 is 0 Å². The summed E-state index contributed by atoms with van der Waals surface area (Å²) in [5, 5.41) is 0. The van der Waals surface area contributed by atoms with Gasteiger partial charge in [-0.1, -0.05) is 54.6 Å². The van der Waals surface area contributed by atoms with Gasteiger partial charge >= 0.3 is 0 Å². The zero-order valence-corrected chi connectivity index (χ0v) is 18.0. The number of anilines is 1. The van der Waals surface area contributed by atoms with Gasteiger partial charge in [0.1, 0.15) is 0 Å². The molecule has 6 rings (SSSR count). The second kappa shape index (κ2) is 6.07. The predicted molar refractivity (Wildman–Crippen MR) is 122 cm³/mol.